The van der Waals surface area contributed by atoms with E-state index < -0.39 is 0 Å². The van der Waals surface area contributed by atoms with Crippen LogP contribution < -0.4 is 0 Å². The molecule has 110 valence electrons. The Bertz CT molecular complexity index is 695. The Hall–Kier alpha value is -1.33. The Balaban J connectivity index is 1.97. The number of ether oxygens (including phenoxy) is 1. The number of aromatic nitrogens is 2. The normalized spacial score (nSPS) is 16.2. The molecule has 0 unspecified atom stereocenters. The number of fused-ring (bicyclic) bond motifs is 1. The molecule has 1 aliphatic heterocycles. The van der Waals surface area contributed by atoms with Gasteiger partial charge in [-0.2, -0.15) is 5.10 Å². The highest BCUT2D eigenvalue weighted by Gasteiger charge is 2.20. The number of nitrogens with zero attached hydrogens (tertiary/aromatic N) is 2. The predicted molar refractivity (Wildman–Crippen MR) is 82.5 cm³/mol. The zero-order chi connectivity index (χ0) is 14.8. The number of hydrogen-bond donors (Lipinski definition) is 1. The molecule has 1 aromatic carbocycles. The van der Waals surface area contributed by atoms with Crippen molar-refractivity contribution in [3.63, 3.8) is 0 Å². The third-order valence-electron chi connectivity index (χ3n) is 3.41. The van der Waals surface area contributed by atoms with Gasteiger partial charge in [0.05, 0.1) is 38.3 Å². The Morgan fingerprint density at radius 1 is 1.33 bits per heavy atom. The summed E-state index contributed by atoms with van der Waals surface area (Å²) in [6.07, 6.45) is 3.54. The molecule has 0 fully saturated rings. The van der Waals surface area contributed by atoms with Crippen LogP contribution >= 0.6 is 23.2 Å². The average Bonchev–Trinajstić information content (AvgIpc) is 2.87. The van der Waals surface area contributed by atoms with E-state index in [0.29, 0.717) is 29.8 Å². The zero-order valence-electron chi connectivity index (χ0n) is 11.2. The summed E-state index contributed by atoms with van der Waals surface area (Å²) >= 11 is 12.1. The molecule has 1 aromatic heterocycles. The molecule has 2 heterocycles. The first-order valence-electron chi connectivity index (χ1n) is 6.55. The van der Waals surface area contributed by atoms with Crippen molar-refractivity contribution in [2.75, 3.05) is 13.2 Å². The van der Waals surface area contributed by atoms with Gasteiger partial charge in [0.2, 0.25) is 0 Å². The molecule has 0 spiro atoms. The quantitative estimate of drug-likeness (QED) is 0.943. The van der Waals surface area contributed by atoms with E-state index in [0.717, 1.165) is 22.4 Å². The Kier molecular flexibility index (Phi) is 4.31. The van der Waals surface area contributed by atoms with E-state index in [4.69, 9.17) is 33.0 Å². The van der Waals surface area contributed by atoms with E-state index in [9.17, 15) is 0 Å². The van der Waals surface area contributed by atoms with Crippen molar-refractivity contribution < 1.29 is 9.84 Å². The maximum atomic E-state index is 9.14. The van der Waals surface area contributed by atoms with Gasteiger partial charge in [0.15, 0.2) is 0 Å². The van der Waals surface area contributed by atoms with Gasteiger partial charge in [-0.1, -0.05) is 35.3 Å². The van der Waals surface area contributed by atoms with Gasteiger partial charge in [-0.25, -0.2) is 0 Å². The minimum atomic E-state index is -0.0228. The van der Waals surface area contributed by atoms with Gasteiger partial charge in [0.1, 0.15) is 0 Å². The first-order chi connectivity index (χ1) is 10.2. The van der Waals surface area contributed by atoms with E-state index in [2.05, 4.69) is 5.10 Å². The maximum absolute atomic E-state index is 9.14. The summed E-state index contributed by atoms with van der Waals surface area (Å²) < 4.78 is 7.37. The highest BCUT2D eigenvalue weighted by molar-refractivity contribution is 6.35. The summed E-state index contributed by atoms with van der Waals surface area (Å²) in [6, 6.07) is 5.43. The molecule has 0 radical (unpaired) electrons. The summed E-state index contributed by atoms with van der Waals surface area (Å²) in [5, 5.41) is 14.8. The first kappa shape index (κ1) is 14.6. The van der Waals surface area contributed by atoms with Crippen molar-refractivity contribution >= 4 is 28.8 Å². The SMILES string of the molecule is OC/C=C1\COCc2cnn(Cc3ccc(Cl)cc3Cl)c21. The zero-order valence-corrected chi connectivity index (χ0v) is 12.7. The van der Waals surface area contributed by atoms with Crippen LogP contribution in [-0.2, 0) is 17.9 Å². The lowest BCUT2D eigenvalue weighted by atomic mass is 10.1. The number of hydrogen-bond acceptors (Lipinski definition) is 3. The van der Waals surface area contributed by atoms with Crippen LogP contribution in [0.4, 0.5) is 0 Å². The van der Waals surface area contributed by atoms with Gasteiger partial charge < -0.3 is 9.84 Å². The molecule has 0 atom stereocenters. The van der Waals surface area contributed by atoms with Gasteiger partial charge in [0, 0.05) is 21.2 Å². The minimum Gasteiger partial charge on any atom is -0.392 e. The van der Waals surface area contributed by atoms with Crippen molar-refractivity contribution in [1.82, 2.24) is 9.78 Å². The molecule has 2 aromatic rings. The number of rotatable bonds is 3. The molecule has 0 saturated heterocycles. The van der Waals surface area contributed by atoms with E-state index in [1.54, 1.807) is 18.3 Å². The van der Waals surface area contributed by atoms with Crippen molar-refractivity contribution in [2.45, 2.75) is 13.2 Å². The fourth-order valence-corrected chi connectivity index (χ4v) is 2.91. The first-order valence-corrected chi connectivity index (χ1v) is 7.31. The third kappa shape index (κ3) is 2.99. The summed E-state index contributed by atoms with van der Waals surface area (Å²) in [4.78, 5) is 0. The molecule has 3 rings (SSSR count). The topological polar surface area (TPSA) is 47.3 Å². The van der Waals surface area contributed by atoms with Crippen LogP contribution in [0.3, 0.4) is 0 Å². The minimum absolute atomic E-state index is 0.0228. The summed E-state index contributed by atoms with van der Waals surface area (Å²) in [7, 11) is 0. The highest BCUT2D eigenvalue weighted by atomic mass is 35.5. The van der Waals surface area contributed by atoms with Crippen LogP contribution in [0.2, 0.25) is 10.0 Å². The van der Waals surface area contributed by atoms with Gasteiger partial charge in [0.25, 0.3) is 0 Å². The number of aliphatic hydroxyl groups is 1. The van der Waals surface area contributed by atoms with Crippen LogP contribution in [0.15, 0.2) is 30.5 Å². The highest BCUT2D eigenvalue weighted by Crippen LogP contribution is 2.28. The molecule has 4 nitrogen and oxygen atoms in total. The van der Waals surface area contributed by atoms with E-state index in [-0.39, 0.29) is 6.61 Å². The van der Waals surface area contributed by atoms with Gasteiger partial charge in [-0.15, -0.1) is 0 Å². The summed E-state index contributed by atoms with van der Waals surface area (Å²) in [5.41, 5.74) is 3.91. The molecule has 21 heavy (non-hydrogen) atoms. The molecule has 0 aliphatic carbocycles. The molecule has 6 heteroatoms. The standard InChI is InChI=1S/C15H14Cl2N2O2/c16-13-2-1-10(14(17)5-13)7-19-15-11(3-4-20)8-21-9-12(15)6-18-19/h1-3,5-6,20H,4,7-9H2/b11-3+. The second kappa shape index (κ2) is 6.20. The van der Waals surface area contributed by atoms with Crippen molar-refractivity contribution in [1.29, 1.82) is 0 Å². The van der Waals surface area contributed by atoms with Gasteiger partial charge in [-0.3, -0.25) is 4.68 Å². The Morgan fingerprint density at radius 3 is 2.95 bits per heavy atom. The smallest absolute Gasteiger partial charge is 0.0758 e. The van der Waals surface area contributed by atoms with E-state index in [1.807, 2.05) is 16.8 Å². The fourth-order valence-electron chi connectivity index (χ4n) is 2.44. The van der Waals surface area contributed by atoms with Crippen molar-refractivity contribution in [3.05, 3.63) is 57.3 Å². The van der Waals surface area contributed by atoms with Gasteiger partial charge >= 0.3 is 0 Å². The molecule has 0 bridgehead atoms. The second-order valence-corrected chi connectivity index (χ2v) is 5.66. The fraction of sp³-hybridized carbons (Fsp3) is 0.267. The van der Waals surface area contributed by atoms with Crippen molar-refractivity contribution in [2.24, 2.45) is 0 Å². The largest absolute Gasteiger partial charge is 0.392 e. The Labute approximate surface area is 132 Å². The number of halogens is 2. The average molecular weight is 325 g/mol. The molecule has 0 saturated carbocycles. The van der Waals surface area contributed by atoms with Crippen LogP contribution in [0.1, 0.15) is 16.8 Å². The number of aliphatic hydroxyl groups excluding tert-OH is 1. The summed E-state index contributed by atoms with van der Waals surface area (Å²) in [5.74, 6) is 0. The predicted octanol–water partition coefficient (Wildman–Crippen LogP) is 3.14. The van der Waals surface area contributed by atoms with Crippen molar-refractivity contribution in [3.8, 4) is 0 Å². The number of benzene rings is 1. The third-order valence-corrected chi connectivity index (χ3v) is 3.99. The van der Waals surface area contributed by atoms with Crippen LogP contribution in [0.5, 0.6) is 0 Å². The molecular formula is C15H14Cl2N2O2. The van der Waals surface area contributed by atoms with Crippen LogP contribution in [0.25, 0.3) is 5.57 Å². The van der Waals surface area contributed by atoms with Crippen LogP contribution in [-0.4, -0.2) is 28.1 Å². The van der Waals surface area contributed by atoms with Gasteiger partial charge in [-0.05, 0) is 17.7 Å². The molecule has 0 amide bonds. The van der Waals surface area contributed by atoms with Crippen LogP contribution in [0, 0.1) is 0 Å². The summed E-state index contributed by atoms with van der Waals surface area (Å²) in [6.45, 7) is 1.54. The maximum Gasteiger partial charge on any atom is 0.0758 e. The lowest BCUT2D eigenvalue weighted by molar-refractivity contribution is 0.145. The molecule has 1 N–H and O–H groups in total. The Morgan fingerprint density at radius 2 is 2.19 bits per heavy atom. The lowest BCUT2D eigenvalue weighted by Crippen LogP contribution is -2.14. The van der Waals surface area contributed by atoms with E-state index >= 15 is 0 Å². The van der Waals surface area contributed by atoms with E-state index in [1.165, 1.54) is 0 Å². The monoisotopic (exact) mass is 324 g/mol. The second-order valence-electron chi connectivity index (χ2n) is 4.82. The lowest BCUT2D eigenvalue weighted by Gasteiger charge is -2.18. The molecular weight excluding hydrogens is 311 g/mol. The molecule has 1 aliphatic rings.